The highest BCUT2D eigenvalue weighted by molar-refractivity contribution is 14.1. The Morgan fingerprint density at radius 1 is 1.42 bits per heavy atom. The maximum absolute atomic E-state index is 13.4. The zero-order chi connectivity index (χ0) is 26.4. The highest BCUT2D eigenvalue weighted by atomic mass is 127. The average molecular weight is 625 g/mol. The summed E-state index contributed by atoms with van der Waals surface area (Å²) in [7, 11) is 1.85. The van der Waals surface area contributed by atoms with Crippen LogP contribution in [0.1, 0.15) is 54.9 Å². The molecule has 0 radical (unpaired) electrons. The Labute approximate surface area is 231 Å². The number of carbonyl (C=O) groups is 1. The fourth-order valence-corrected chi connectivity index (χ4v) is 5.51. The molecule has 0 saturated carbocycles. The molecule has 1 amide bonds. The second-order valence-corrected chi connectivity index (χ2v) is 11.1. The number of anilines is 2. The number of nitrogens with two attached hydrogens (primary N) is 1. The monoisotopic (exact) mass is 624 g/mol. The number of halogens is 1. The number of hydrazine groups is 1. The van der Waals surface area contributed by atoms with Crippen molar-refractivity contribution in [1.82, 2.24) is 15.2 Å². The molecule has 0 unspecified atom stereocenters. The Bertz CT molecular complexity index is 1070. The van der Waals surface area contributed by atoms with Gasteiger partial charge < -0.3 is 20.6 Å². The van der Waals surface area contributed by atoms with Crippen molar-refractivity contribution in [1.29, 1.82) is 0 Å². The topological polar surface area (TPSA) is 107 Å². The number of allylic oxidation sites excluding steroid dienone is 1. The van der Waals surface area contributed by atoms with Gasteiger partial charge in [0.1, 0.15) is 6.10 Å². The van der Waals surface area contributed by atoms with Crippen molar-refractivity contribution in [2.45, 2.75) is 51.8 Å². The van der Waals surface area contributed by atoms with Gasteiger partial charge in [0.25, 0.3) is 0 Å². The number of thiazole rings is 1. The van der Waals surface area contributed by atoms with Gasteiger partial charge in [-0.2, -0.15) is 0 Å². The standard InChI is InChI=1S/C26H37IN6O2S/c1-16(25(35)32-14-6-8-22(32)23-19(4)36-26(29-5)31-23)24(34)18(3)30-17(2)20-9-11-21(12-10-20)33(28)15-7-13-27/h7,9-12,15-17,22,24,30,34H,3,6,8,13-14,28H2,1-2,4-5H3,(H,29,31)/b15-7-/t16-,17-,22-,24-/m1/s1. The normalized spacial score (nSPS) is 18.2. The molecule has 36 heavy (non-hydrogen) atoms. The van der Waals surface area contributed by atoms with Crippen LogP contribution in [-0.2, 0) is 4.79 Å². The van der Waals surface area contributed by atoms with Crippen LogP contribution in [0.15, 0.2) is 48.8 Å². The molecule has 3 rings (SSSR count). The average Bonchev–Trinajstić information content (AvgIpc) is 3.51. The molecule has 2 aromatic rings. The number of hydrogen-bond acceptors (Lipinski definition) is 8. The van der Waals surface area contributed by atoms with Crippen LogP contribution in [-0.4, -0.2) is 45.0 Å². The first-order chi connectivity index (χ1) is 17.2. The minimum absolute atomic E-state index is 0.0574. The lowest BCUT2D eigenvalue weighted by Crippen LogP contribution is -2.42. The maximum Gasteiger partial charge on any atom is 0.228 e. The molecule has 196 valence electrons. The van der Waals surface area contributed by atoms with Crippen molar-refractivity contribution in [2.24, 2.45) is 11.8 Å². The van der Waals surface area contributed by atoms with Gasteiger partial charge in [0.2, 0.25) is 5.91 Å². The van der Waals surface area contributed by atoms with E-state index in [4.69, 9.17) is 10.8 Å². The van der Waals surface area contributed by atoms with Crippen LogP contribution in [0, 0.1) is 12.8 Å². The van der Waals surface area contributed by atoms with Crippen LogP contribution in [0.2, 0.25) is 0 Å². The number of aliphatic hydroxyl groups is 1. The van der Waals surface area contributed by atoms with E-state index in [-0.39, 0.29) is 18.0 Å². The van der Waals surface area contributed by atoms with Crippen molar-refractivity contribution in [3.63, 3.8) is 0 Å². The van der Waals surface area contributed by atoms with E-state index >= 15 is 0 Å². The minimum atomic E-state index is -1.01. The first-order valence-corrected chi connectivity index (χ1v) is 14.5. The summed E-state index contributed by atoms with van der Waals surface area (Å²) in [5, 5.41) is 19.8. The van der Waals surface area contributed by atoms with Crippen LogP contribution in [0.4, 0.5) is 10.8 Å². The number of likely N-dealkylation sites (tertiary alicyclic amines) is 1. The van der Waals surface area contributed by atoms with Crippen LogP contribution in [0.5, 0.6) is 0 Å². The first-order valence-electron chi connectivity index (χ1n) is 12.1. The highest BCUT2D eigenvalue weighted by Crippen LogP contribution is 2.37. The number of carbonyl (C=O) groups excluding carboxylic acids is 1. The van der Waals surface area contributed by atoms with Gasteiger partial charge in [0, 0.05) is 40.8 Å². The molecule has 4 atom stereocenters. The third-order valence-electron chi connectivity index (χ3n) is 6.57. The largest absolute Gasteiger partial charge is 0.386 e. The van der Waals surface area contributed by atoms with E-state index in [1.54, 1.807) is 23.3 Å². The fourth-order valence-electron chi connectivity index (χ4n) is 4.46. The molecular weight excluding hydrogens is 587 g/mol. The summed E-state index contributed by atoms with van der Waals surface area (Å²) in [6.07, 6.45) is 4.60. The van der Waals surface area contributed by atoms with E-state index in [0.717, 1.165) is 44.2 Å². The molecular formula is C26H37IN6O2S. The van der Waals surface area contributed by atoms with Gasteiger partial charge in [-0.25, -0.2) is 10.8 Å². The van der Waals surface area contributed by atoms with E-state index in [9.17, 15) is 9.90 Å². The summed E-state index contributed by atoms with van der Waals surface area (Å²) in [4.78, 5) is 21.1. The smallest absolute Gasteiger partial charge is 0.228 e. The third-order valence-corrected chi connectivity index (χ3v) is 8.08. The van der Waals surface area contributed by atoms with Gasteiger partial charge in [0.05, 0.1) is 23.3 Å². The molecule has 1 aliphatic heterocycles. The highest BCUT2D eigenvalue weighted by Gasteiger charge is 2.37. The molecule has 0 spiro atoms. The molecule has 10 heteroatoms. The number of aryl methyl sites for hydroxylation is 1. The molecule has 1 aromatic heterocycles. The maximum atomic E-state index is 13.4. The number of nitrogens with one attached hydrogen (secondary N) is 2. The summed E-state index contributed by atoms with van der Waals surface area (Å²) >= 11 is 3.86. The Hall–Kier alpha value is -2.15. The second-order valence-electron chi connectivity index (χ2n) is 9.06. The van der Waals surface area contributed by atoms with Gasteiger partial charge in [-0.05, 0) is 44.4 Å². The quantitative estimate of drug-likeness (QED) is 0.125. The molecule has 5 N–H and O–H groups in total. The van der Waals surface area contributed by atoms with Crippen LogP contribution < -0.4 is 21.5 Å². The Kier molecular flexibility index (Phi) is 10.2. The third kappa shape index (κ3) is 6.58. The lowest BCUT2D eigenvalue weighted by Gasteiger charge is -2.30. The number of amides is 1. The van der Waals surface area contributed by atoms with E-state index < -0.39 is 12.0 Å². The first kappa shape index (κ1) is 28.4. The number of hydrogen-bond donors (Lipinski definition) is 4. The number of aliphatic hydroxyl groups excluding tert-OH is 1. The number of alkyl halides is 1. The van der Waals surface area contributed by atoms with Gasteiger partial charge in [0.15, 0.2) is 5.13 Å². The zero-order valence-corrected chi connectivity index (χ0v) is 24.3. The summed E-state index contributed by atoms with van der Waals surface area (Å²) in [5.41, 5.74) is 3.28. The van der Waals surface area contributed by atoms with Gasteiger partial charge in [-0.1, -0.05) is 54.3 Å². The van der Waals surface area contributed by atoms with Crippen molar-refractivity contribution >= 4 is 50.7 Å². The number of aromatic nitrogens is 1. The van der Waals surface area contributed by atoms with Gasteiger partial charge in [-0.3, -0.25) is 9.80 Å². The van der Waals surface area contributed by atoms with Crippen molar-refractivity contribution in [2.75, 3.05) is 28.3 Å². The minimum Gasteiger partial charge on any atom is -0.386 e. The second kappa shape index (κ2) is 12.9. The van der Waals surface area contributed by atoms with Gasteiger partial charge >= 0.3 is 0 Å². The molecule has 8 nitrogen and oxygen atoms in total. The Morgan fingerprint density at radius 2 is 2.11 bits per heavy atom. The van der Waals surface area contributed by atoms with E-state index in [1.807, 2.05) is 62.3 Å². The number of benzene rings is 1. The Morgan fingerprint density at radius 3 is 2.72 bits per heavy atom. The summed E-state index contributed by atoms with van der Waals surface area (Å²) in [6, 6.07) is 7.72. The predicted molar refractivity (Wildman–Crippen MR) is 157 cm³/mol. The van der Waals surface area contributed by atoms with E-state index in [0.29, 0.717) is 12.2 Å². The molecule has 0 bridgehead atoms. The molecule has 1 fully saturated rings. The van der Waals surface area contributed by atoms with E-state index in [1.165, 1.54) is 0 Å². The van der Waals surface area contributed by atoms with Gasteiger partial charge in [-0.15, -0.1) is 11.3 Å². The molecule has 1 aromatic carbocycles. The molecule has 2 heterocycles. The zero-order valence-electron chi connectivity index (χ0n) is 21.4. The SMILES string of the molecule is C=C(N[C@H](C)c1ccc(N(N)/C=C\CI)cc1)[C@H](O)[C@@H](C)C(=O)N1CCC[C@@H]1c1nc(NC)sc1C. The Balaban J connectivity index is 1.62. The summed E-state index contributed by atoms with van der Waals surface area (Å²) < 4.78 is 0.885. The van der Waals surface area contributed by atoms with Crippen molar-refractivity contribution in [3.05, 3.63) is 65.0 Å². The predicted octanol–water partition coefficient (Wildman–Crippen LogP) is 4.65. The molecule has 1 aliphatic rings. The lowest BCUT2D eigenvalue weighted by molar-refractivity contribution is -0.138. The number of nitrogens with zero attached hydrogens (tertiary/aromatic N) is 3. The van der Waals surface area contributed by atoms with Crippen LogP contribution >= 0.6 is 33.9 Å². The van der Waals surface area contributed by atoms with Crippen molar-refractivity contribution < 1.29 is 9.90 Å². The van der Waals surface area contributed by atoms with Crippen molar-refractivity contribution in [3.8, 4) is 0 Å². The molecule has 1 saturated heterocycles. The van der Waals surface area contributed by atoms with E-state index in [2.05, 4.69) is 39.8 Å². The van der Waals surface area contributed by atoms with Crippen LogP contribution in [0.25, 0.3) is 0 Å². The molecule has 0 aliphatic carbocycles. The lowest BCUT2D eigenvalue weighted by atomic mass is 9.98. The summed E-state index contributed by atoms with van der Waals surface area (Å²) in [6.45, 7) is 10.5. The summed E-state index contributed by atoms with van der Waals surface area (Å²) in [5.74, 6) is 5.34. The van der Waals surface area contributed by atoms with Crippen LogP contribution in [0.3, 0.4) is 0 Å². The fraction of sp³-hybridized carbons (Fsp3) is 0.462. The number of rotatable bonds is 11.